The van der Waals surface area contributed by atoms with Crippen molar-refractivity contribution < 1.29 is 13.2 Å². The van der Waals surface area contributed by atoms with Gasteiger partial charge in [-0.2, -0.15) is 0 Å². The molecule has 4 nitrogen and oxygen atoms in total. The Kier molecular flexibility index (Phi) is 4.21. The molecule has 1 saturated heterocycles. The molecule has 0 bridgehead atoms. The number of sulfone groups is 1. The Morgan fingerprint density at radius 2 is 2.30 bits per heavy atom. The standard InChI is InChI=1S/C13H15NO3S3/c15-20(16,9-11-3-1-5-17-11)8-10-7-19-13(14-10)12-4-2-6-18-12/h2,4,6-7,11H,1,3,5,8-9H2/t11-/m0/s1. The van der Waals surface area contributed by atoms with Gasteiger partial charge in [0.1, 0.15) is 5.01 Å². The molecule has 0 unspecified atom stereocenters. The smallest absolute Gasteiger partial charge is 0.158 e. The summed E-state index contributed by atoms with van der Waals surface area (Å²) in [6.07, 6.45) is 1.67. The summed E-state index contributed by atoms with van der Waals surface area (Å²) >= 11 is 3.11. The maximum atomic E-state index is 12.1. The zero-order valence-electron chi connectivity index (χ0n) is 10.8. The summed E-state index contributed by atoms with van der Waals surface area (Å²) in [6, 6.07) is 3.96. The Morgan fingerprint density at radius 1 is 1.40 bits per heavy atom. The van der Waals surface area contributed by atoms with E-state index in [0.29, 0.717) is 12.3 Å². The minimum atomic E-state index is -3.15. The van der Waals surface area contributed by atoms with E-state index >= 15 is 0 Å². The fraction of sp³-hybridized carbons (Fsp3) is 0.462. The van der Waals surface area contributed by atoms with E-state index in [9.17, 15) is 8.42 Å². The minimum Gasteiger partial charge on any atom is -0.377 e. The van der Waals surface area contributed by atoms with Crippen LogP contribution in [0.15, 0.2) is 22.9 Å². The number of rotatable bonds is 5. The topological polar surface area (TPSA) is 56.3 Å². The summed E-state index contributed by atoms with van der Waals surface area (Å²) in [5, 5.41) is 4.72. The first-order valence-electron chi connectivity index (χ1n) is 6.43. The second-order valence-corrected chi connectivity index (χ2v) is 8.73. The van der Waals surface area contributed by atoms with Crippen molar-refractivity contribution >= 4 is 32.5 Å². The van der Waals surface area contributed by atoms with Crippen molar-refractivity contribution in [3.05, 3.63) is 28.6 Å². The van der Waals surface area contributed by atoms with Crippen LogP contribution in [0, 0.1) is 0 Å². The SMILES string of the molecule is O=S(=O)(Cc1csc(-c2cccs2)n1)C[C@@H]1CCCO1. The van der Waals surface area contributed by atoms with Gasteiger partial charge in [0.25, 0.3) is 0 Å². The average Bonchev–Trinajstić information content (AvgIpc) is 3.07. The molecule has 0 aliphatic carbocycles. The third-order valence-electron chi connectivity index (χ3n) is 3.12. The molecule has 2 aromatic rings. The van der Waals surface area contributed by atoms with Crippen LogP contribution in [0.2, 0.25) is 0 Å². The Morgan fingerprint density at radius 3 is 3.00 bits per heavy atom. The van der Waals surface area contributed by atoms with E-state index in [1.807, 2.05) is 22.9 Å². The molecular weight excluding hydrogens is 314 g/mol. The monoisotopic (exact) mass is 329 g/mol. The number of nitrogens with zero attached hydrogens (tertiary/aromatic N) is 1. The number of hydrogen-bond donors (Lipinski definition) is 0. The molecule has 0 aromatic carbocycles. The lowest BCUT2D eigenvalue weighted by Crippen LogP contribution is -2.21. The summed E-state index contributed by atoms with van der Waals surface area (Å²) in [6.45, 7) is 0.680. The number of hydrogen-bond acceptors (Lipinski definition) is 6. The summed E-state index contributed by atoms with van der Waals surface area (Å²) in [7, 11) is -3.15. The van der Waals surface area contributed by atoms with E-state index in [0.717, 1.165) is 22.7 Å². The second-order valence-electron chi connectivity index (χ2n) is 4.81. The maximum absolute atomic E-state index is 12.1. The van der Waals surface area contributed by atoms with Crippen LogP contribution in [-0.4, -0.2) is 31.9 Å². The van der Waals surface area contributed by atoms with E-state index in [1.165, 1.54) is 11.3 Å². The van der Waals surface area contributed by atoms with Gasteiger partial charge in [-0.15, -0.1) is 22.7 Å². The molecule has 0 saturated carbocycles. The van der Waals surface area contributed by atoms with Gasteiger partial charge in [0.2, 0.25) is 0 Å². The number of aromatic nitrogens is 1. The van der Waals surface area contributed by atoms with E-state index in [2.05, 4.69) is 4.98 Å². The van der Waals surface area contributed by atoms with Crippen LogP contribution in [0.5, 0.6) is 0 Å². The van der Waals surface area contributed by atoms with Crippen LogP contribution in [0.1, 0.15) is 18.5 Å². The number of thiophene rings is 1. The molecule has 1 fully saturated rings. The lowest BCUT2D eigenvalue weighted by molar-refractivity contribution is 0.127. The van der Waals surface area contributed by atoms with Gasteiger partial charge in [-0.3, -0.25) is 0 Å². The normalized spacial score (nSPS) is 19.5. The van der Waals surface area contributed by atoms with Gasteiger partial charge in [-0.05, 0) is 24.3 Å². The molecule has 20 heavy (non-hydrogen) atoms. The molecule has 0 spiro atoms. The molecule has 108 valence electrons. The van der Waals surface area contributed by atoms with Crippen LogP contribution in [0.4, 0.5) is 0 Å². The Hall–Kier alpha value is -0.760. The third-order valence-corrected chi connectivity index (χ3v) is 6.66. The summed E-state index contributed by atoms with van der Waals surface area (Å²) < 4.78 is 29.7. The highest BCUT2D eigenvalue weighted by molar-refractivity contribution is 7.90. The van der Waals surface area contributed by atoms with Gasteiger partial charge in [-0.1, -0.05) is 6.07 Å². The lowest BCUT2D eigenvalue weighted by atomic mass is 10.3. The minimum absolute atomic E-state index is 0.00867. The van der Waals surface area contributed by atoms with Crippen LogP contribution in [-0.2, 0) is 20.3 Å². The van der Waals surface area contributed by atoms with Gasteiger partial charge in [-0.25, -0.2) is 13.4 Å². The second kappa shape index (κ2) is 5.93. The van der Waals surface area contributed by atoms with Crippen molar-refractivity contribution in [1.82, 2.24) is 4.98 Å². The summed E-state index contributed by atoms with van der Waals surface area (Å²) in [5.74, 6) is 0.119. The van der Waals surface area contributed by atoms with Crippen LogP contribution < -0.4 is 0 Å². The molecular formula is C13H15NO3S3. The van der Waals surface area contributed by atoms with Gasteiger partial charge >= 0.3 is 0 Å². The first-order chi connectivity index (χ1) is 9.62. The fourth-order valence-electron chi connectivity index (χ4n) is 2.23. The average molecular weight is 329 g/mol. The largest absolute Gasteiger partial charge is 0.377 e. The molecule has 3 rings (SSSR count). The molecule has 1 aliphatic rings. The number of thiazole rings is 1. The van der Waals surface area contributed by atoms with Crippen LogP contribution in [0.25, 0.3) is 9.88 Å². The Labute approximate surface area is 126 Å². The van der Waals surface area contributed by atoms with Crippen molar-refractivity contribution in [2.45, 2.75) is 24.7 Å². The summed E-state index contributed by atoms with van der Waals surface area (Å²) in [4.78, 5) is 5.50. The van der Waals surface area contributed by atoms with Crippen LogP contribution in [0.3, 0.4) is 0 Å². The zero-order valence-corrected chi connectivity index (χ0v) is 13.3. The Bertz CT molecular complexity index is 655. The number of ether oxygens (including phenoxy) is 1. The molecule has 0 radical (unpaired) electrons. The van der Waals surface area contributed by atoms with Crippen molar-refractivity contribution in [3.8, 4) is 9.88 Å². The Balaban J connectivity index is 1.68. The maximum Gasteiger partial charge on any atom is 0.158 e. The fourth-order valence-corrected chi connectivity index (χ4v) is 5.52. The van der Waals surface area contributed by atoms with Crippen LogP contribution >= 0.6 is 22.7 Å². The van der Waals surface area contributed by atoms with Gasteiger partial charge in [0.15, 0.2) is 9.84 Å². The van der Waals surface area contributed by atoms with Crippen molar-refractivity contribution in [2.24, 2.45) is 0 Å². The highest BCUT2D eigenvalue weighted by Crippen LogP contribution is 2.28. The highest BCUT2D eigenvalue weighted by atomic mass is 32.2. The molecule has 3 heterocycles. The van der Waals surface area contributed by atoms with Gasteiger partial charge < -0.3 is 4.74 Å². The van der Waals surface area contributed by atoms with Crippen molar-refractivity contribution in [1.29, 1.82) is 0 Å². The zero-order chi connectivity index (χ0) is 14.0. The molecule has 0 amide bonds. The molecule has 0 N–H and O–H groups in total. The third kappa shape index (κ3) is 3.46. The van der Waals surface area contributed by atoms with E-state index in [1.54, 1.807) is 11.3 Å². The highest BCUT2D eigenvalue weighted by Gasteiger charge is 2.24. The molecule has 1 aliphatic heterocycles. The predicted molar refractivity (Wildman–Crippen MR) is 81.9 cm³/mol. The van der Waals surface area contributed by atoms with Crippen molar-refractivity contribution in [2.75, 3.05) is 12.4 Å². The first-order valence-corrected chi connectivity index (χ1v) is 10.0. The van der Waals surface area contributed by atoms with E-state index < -0.39 is 9.84 Å². The molecule has 1 atom stereocenters. The quantitative estimate of drug-likeness (QED) is 0.846. The molecule has 7 heteroatoms. The van der Waals surface area contributed by atoms with Crippen molar-refractivity contribution in [3.63, 3.8) is 0 Å². The first kappa shape index (κ1) is 14.2. The van der Waals surface area contributed by atoms with E-state index in [-0.39, 0.29) is 17.6 Å². The lowest BCUT2D eigenvalue weighted by Gasteiger charge is -2.08. The van der Waals surface area contributed by atoms with E-state index in [4.69, 9.17) is 4.74 Å². The summed E-state index contributed by atoms with van der Waals surface area (Å²) in [5.41, 5.74) is 0.636. The predicted octanol–water partition coefficient (Wildman–Crippen LogP) is 2.97. The molecule has 2 aromatic heterocycles. The van der Waals surface area contributed by atoms with Gasteiger partial charge in [0, 0.05) is 12.0 Å². The van der Waals surface area contributed by atoms with Gasteiger partial charge in [0.05, 0.1) is 28.2 Å².